The lowest BCUT2D eigenvalue weighted by Gasteiger charge is -2.39. The molecule has 2 aliphatic heterocycles. The zero-order chi connectivity index (χ0) is 28.1. The standard InChI is InChI=1S/C28H33ClN4O6/c1-5-39-27(35)23-21(17-32-13-15-33(16-14-32)26(34)18-9-11-19(29)12-10-18)31(2)28(36)30-24(23)20-7-6-8-22(37-3)25(20)38-4/h6-12,24H,5,13-17H2,1-4H3,(H,30,36)/t24-/m0/s1. The molecule has 0 aromatic heterocycles. The maximum Gasteiger partial charge on any atom is 0.338 e. The van der Waals surface area contributed by atoms with Crippen LogP contribution < -0.4 is 14.8 Å². The van der Waals surface area contributed by atoms with Crippen LogP contribution in [0.25, 0.3) is 0 Å². The highest BCUT2D eigenvalue weighted by molar-refractivity contribution is 6.30. The molecule has 11 heteroatoms. The average Bonchev–Trinajstić information content (AvgIpc) is 2.95. The van der Waals surface area contributed by atoms with E-state index < -0.39 is 12.0 Å². The molecule has 208 valence electrons. The molecule has 1 saturated heterocycles. The zero-order valence-electron chi connectivity index (χ0n) is 22.5. The van der Waals surface area contributed by atoms with Gasteiger partial charge in [-0.3, -0.25) is 14.6 Å². The van der Waals surface area contributed by atoms with Crippen LogP contribution in [0.1, 0.15) is 28.9 Å². The first kappa shape index (κ1) is 28.3. The van der Waals surface area contributed by atoms with Gasteiger partial charge >= 0.3 is 12.0 Å². The number of para-hydroxylation sites is 1. The second-order valence-electron chi connectivity index (χ2n) is 9.18. The first-order valence-electron chi connectivity index (χ1n) is 12.7. The van der Waals surface area contributed by atoms with Gasteiger partial charge in [0.05, 0.1) is 32.4 Å². The van der Waals surface area contributed by atoms with Gasteiger partial charge in [-0.15, -0.1) is 0 Å². The summed E-state index contributed by atoms with van der Waals surface area (Å²) < 4.78 is 16.5. The van der Waals surface area contributed by atoms with Crippen molar-refractivity contribution < 1.29 is 28.6 Å². The molecule has 1 fully saturated rings. The molecule has 2 aromatic carbocycles. The molecule has 4 rings (SSSR count). The fourth-order valence-electron chi connectivity index (χ4n) is 4.87. The van der Waals surface area contributed by atoms with Crippen LogP contribution >= 0.6 is 11.6 Å². The van der Waals surface area contributed by atoms with Gasteiger partial charge in [0.2, 0.25) is 0 Å². The van der Waals surface area contributed by atoms with Gasteiger partial charge in [0.25, 0.3) is 5.91 Å². The number of carbonyl (C=O) groups excluding carboxylic acids is 3. The number of halogens is 1. The highest BCUT2D eigenvalue weighted by Gasteiger charge is 2.39. The number of nitrogens with zero attached hydrogens (tertiary/aromatic N) is 3. The SMILES string of the molecule is CCOC(=O)C1=C(CN2CCN(C(=O)c3ccc(Cl)cc3)CC2)N(C)C(=O)N[C@H]1c1cccc(OC)c1OC. The van der Waals surface area contributed by atoms with E-state index in [1.54, 1.807) is 61.3 Å². The molecule has 1 N–H and O–H groups in total. The number of benzene rings is 2. The second kappa shape index (κ2) is 12.4. The molecular weight excluding hydrogens is 524 g/mol. The van der Waals surface area contributed by atoms with E-state index in [4.69, 9.17) is 25.8 Å². The molecule has 2 heterocycles. The van der Waals surface area contributed by atoms with Crippen LogP contribution in [0.15, 0.2) is 53.7 Å². The van der Waals surface area contributed by atoms with Crippen molar-refractivity contribution >= 4 is 29.5 Å². The van der Waals surface area contributed by atoms with Crippen LogP contribution in [0, 0.1) is 0 Å². The number of hydrogen-bond acceptors (Lipinski definition) is 7. The van der Waals surface area contributed by atoms with Crippen molar-refractivity contribution in [1.82, 2.24) is 20.0 Å². The summed E-state index contributed by atoms with van der Waals surface area (Å²) in [6, 6.07) is 11.0. The Morgan fingerprint density at radius 1 is 1.03 bits per heavy atom. The van der Waals surface area contributed by atoms with Gasteiger partial charge in [0.1, 0.15) is 0 Å². The Bertz CT molecular complexity index is 1260. The monoisotopic (exact) mass is 556 g/mol. The quantitative estimate of drug-likeness (QED) is 0.498. The maximum atomic E-state index is 13.4. The highest BCUT2D eigenvalue weighted by Crippen LogP contribution is 2.40. The molecule has 2 aromatic rings. The van der Waals surface area contributed by atoms with Crippen LogP contribution in [-0.4, -0.2) is 93.2 Å². The Morgan fingerprint density at radius 2 is 1.72 bits per heavy atom. The topological polar surface area (TPSA) is 101 Å². The van der Waals surface area contributed by atoms with E-state index in [9.17, 15) is 14.4 Å². The summed E-state index contributed by atoms with van der Waals surface area (Å²) in [5, 5.41) is 3.50. The number of nitrogens with one attached hydrogen (secondary N) is 1. The van der Waals surface area contributed by atoms with Crippen molar-refractivity contribution in [3.63, 3.8) is 0 Å². The number of ether oxygens (including phenoxy) is 3. The van der Waals surface area contributed by atoms with Crippen LogP contribution in [0.2, 0.25) is 5.02 Å². The molecule has 0 unspecified atom stereocenters. The zero-order valence-corrected chi connectivity index (χ0v) is 23.3. The largest absolute Gasteiger partial charge is 0.493 e. The smallest absolute Gasteiger partial charge is 0.338 e. The predicted molar refractivity (Wildman–Crippen MR) is 146 cm³/mol. The van der Waals surface area contributed by atoms with E-state index in [1.165, 1.54) is 19.1 Å². The van der Waals surface area contributed by atoms with E-state index >= 15 is 0 Å². The summed E-state index contributed by atoms with van der Waals surface area (Å²) in [5.41, 5.74) is 2.02. The summed E-state index contributed by atoms with van der Waals surface area (Å²) in [7, 11) is 4.67. The molecule has 0 bridgehead atoms. The highest BCUT2D eigenvalue weighted by atomic mass is 35.5. The number of hydrogen-bond donors (Lipinski definition) is 1. The van der Waals surface area contributed by atoms with Crippen LogP contribution in [-0.2, 0) is 9.53 Å². The fraction of sp³-hybridized carbons (Fsp3) is 0.393. The summed E-state index contributed by atoms with van der Waals surface area (Å²) in [4.78, 5) is 44.8. The van der Waals surface area contributed by atoms with Gasteiger partial charge in [-0.05, 0) is 37.3 Å². The van der Waals surface area contributed by atoms with E-state index in [0.717, 1.165) is 0 Å². The number of rotatable bonds is 8. The van der Waals surface area contributed by atoms with Crippen molar-refractivity contribution in [2.75, 3.05) is 60.6 Å². The third-order valence-electron chi connectivity index (χ3n) is 6.94. The maximum absolute atomic E-state index is 13.4. The van der Waals surface area contributed by atoms with Crippen molar-refractivity contribution in [3.05, 3.63) is 69.9 Å². The van der Waals surface area contributed by atoms with Crippen molar-refractivity contribution in [2.45, 2.75) is 13.0 Å². The molecule has 39 heavy (non-hydrogen) atoms. The van der Waals surface area contributed by atoms with E-state index in [1.807, 2.05) is 0 Å². The molecule has 0 spiro atoms. The Labute approximate surface area is 233 Å². The van der Waals surface area contributed by atoms with E-state index in [-0.39, 0.29) is 18.5 Å². The lowest BCUT2D eigenvalue weighted by molar-refractivity contribution is -0.139. The molecule has 2 aliphatic rings. The minimum atomic E-state index is -0.805. The fourth-order valence-corrected chi connectivity index (χ4v) is 4.99. The normalized spacial score (nSPS) is 18.1. The van der Waals surface area contributed by atoms with E-state index in [0.29, 0.717) is 71.6 Å². The number of carbonyl (C=O) groups is 3. The summed E-state index contributed by atoms with van der Waals surface area (Å²) in [6.07, 6.45) is 0. The molecule has 0 saturated carbocycles. The molecule has 0 radical (unpaired) electrons. The van der Waals surface area contributed by atoms with Crippen LogP contribution in [0.5, 0.6) is 11.5 Å². The Balaban J connectivity index is 1.62. The molecule has 10 nitrogen and oxygen atoms in total. The van der Waals surface area contributed by atoms with Crippen LogP contribution in [0.3, 0.4) is 0 Å². The Hall–Kier alpha value is -3.76. The molecule has 3 amide bonds. The third-order valence-corrected chi connectivity index (χ3v) is 7.19. The minimum absolute atomic E-state index is 0.0582. The average molecular weight is 557 g/mol. The lowest BCUT2D eigenvalue weighted by Crippen LogP contribution is -2.53. The van der Waals surface area contributed by atoms with Gasteiger partial charge in [-0.1, -0.05) is 23.7 Å². The Kier molecular flexibility index (Phi) is 8.98. The number of amides is 3. The van der Waals surface area contributed by atoms with Crippen molar-refractivity contribution in [2.24, 2.45) is 0 Å². The Morgan fingerprint density at radius 3 is 2.33 bits per heavy atom. The summed E-state index contributed by atoms with van der Waals surface area (Å²) in [5.74, 6) is 0.322. The number of urea groups is 1. The van der Waals surface area contributed by atoms with Gasteiger partial charge < -0.3 is 24.4 Å². The summed E-state index contributed by atoms with van der Waals surface area (Å²) >= 11 is 5.96. The number of likely N-dealkylation sites (N-methyl/N-ethyl adjacent to an activating group) is 1. The molecular formula is C28H33ClN4O6. The predicted octanol–water partition coefficient (Wildman–Crippen LogP) is 3.33. The lowest BCUT2D eigenvalue weighted by atomic mass is 9.93. The first-order chi connectivity index (χ1) is 18.8. The number of esters is 1. The van der Waals surface area contributed by atoms with Gasteiger partial charge in [0, 0.05) is 61.6 Å². The van der Waals surface area contributed by atoms with Gasteiger partial charge in [0.15, 0.2) is 11.5 Å². The van der Waals surface area contributed by atoms with Gasteiger partial charge in [-0.25, -0.2) is 9.59 Å². The van der Waals surface area contributed by atoms with Crippen molar-refractivity contribution in [3.8, 4) is 11.5 Å². The molecule has 0 aliphatic carbocycles. The summed E-state index contributed by atoms with van der Waals surface area (Å²) in [6.45, 7) is 4.40. The van der Waals surface area contributed by atoms with Crippen LogP contribution in [0.4, 0.5) is 4.79 Å². The third kappa shape index (κ3) is 5.97. The molecule has 1 atom stereocenters. The van der Waals surface area contributed by atoms with Crippen molar-refractivity contribution in [1.29, 1.82) is 0 Å². The van der Waals surface area contributed by atoms with E-state index in [2.05, 4.69) is 10.2 Å². The van der Waals surface area contributed by atoms with Gasteiger partial charge in [-0.2, -0.15) is 0 Å². The number of methoxy groups -OCH3 is 2. The minimum Gasteiger partial charge on any atom is -0.493 e. The number of piperazine rings is 1. The second-order valence-corrected chi connectivity index (χ2v) is 9.62. The first-order valence-corrected chi connectivity index (χ1v) is 13.1.